The number of nitrogens with zero attached hydrogens (tertiary/aromatic N) is 2. The summed E-state index contributed by atoms with van der Waals surface area (Å²) in [6.45, 7) is 3.18. The molecular weight excluding hydrogens is 466 g/mol. The number of aromatic nitrogens is 3. The molecule has 0 bridgehead atoms. The number of allylic oxidation sites excluding steroid dienone is 1. The summed E-state index contributed by atoms with van der Waals surface area (Å²) in [6.07, 6.45) is 1.27. The van der Waals surface area contributed by atoms with Gasteiger partial charge in [-0.15, -0.1) is 0 Å². The molecule has 0 aliphatic carbocycles. The Balaban J connectivity index is 1.79. The van der Waals surface area contributed by atoms with Crippen LogP contribution < -0.4 is 4.72 Å². The third-order valence-corrected chi connectivity index (χ3v) is 7.49. The zero-order valence-corrected chi connectivity index (χ0v) is 18.9. The fraction of sp³-hybridized carbons (Fsp3) is 0.0870. The van der Waals surface area contributed by atoms with Gasteiger partial charge in [0.2, 0.25) is 0 Å². The summed E-state index contributed by atoms with van der Waals surface area (Å²) in [7, 11) is -3.25. The van der Waals surface area contributed by atoms with Gasteiger partial charge in [-0.2, -0.15) is 5.10 Å². The normalized spacial score (nSPS) is 13.5. The predicted molar refractivity (Wildman–Crippen MR) is 129 cm³/mol. The van der Waals surface area contributed by atoms with Gasteiger partial charge in [-0.05, 0) is 41.4 Å². The van der Waals surface area contributed by atoms with Gasteiger partial charge in [0.05, 0.1) is 25.2 Å². The third-order valence-electron chi connectivity index (χ3n) is 4.91. The van der Waals surface area contributed by atoms with Crippen LogP contribution in [0.3, 0.4) is 0 Å². The number of aromatic amines is 1. The maximum atomic E-state index is 14.0. The molecule has 0 saturated carbocycles. The van der Waals surface area contributed by atoms with Gasteiger partial charge in [0.15, 0.2) is 5.16 Å². The first-order valence-electron chi connectivity index (χ1n) is 9.72. The highest BCUT2D eigenvalue weighted by Crippen LogP contribution is 2.42. The molecule has 3 N–H and O–H groups in total. The van der Waals surface area contributed by atoms with Crippen molar-refractivity contribution < 1.29 is 18.1 Å². The summed E-state index contributed by atoms with van der Waals surface area (Å²) in [5.41, 5.74) is 0.630. The number of hydrogen-bond acceptors (Lipinski definition) is 5. The predicted octanol–water partition coefficient (Wildman–Crippen LogP) is 5.28. The van der Waals surface area contributed by atoms with E-state index in [4.69, 9.17) is 0 Å². The summed E-state index contributed by atoms with van der Waals surface area (Å²) >= 11 is 1.14. The number of hydrogen-bond donors (Lipinski definition) is 3. The number of nitrogens with one attached hydrogen (secondary N) is 2. The Bertz CT molecular complexity index is 1420. The van der Waals surface area contributed by atoms with E-state index in [-0.39, 0.29) is 16.2 Å². The van der Waals surface area contributed by atoms with Crippen molar-refractivity contribution in [1.29, 1.82) is 0 Å². The van der Waals surface area contributed by atoms with Crippen molar-refractivity contribution in [1.82, 2.24) is 15.2 Å². The number of anilines is 1. The molecule has 3 aromatic carbocycles. The maximum Gasteiger partial charge on any atom is 0.270 e. The molecule has 4 aromatic rings. The van der Waals surface area contributed by atoms with Crippen molar-refractivity contribution in [3.63, 3.8) is 0 Å². The Morgan fingerprint density at radius 2 is 1.88 bits per heavy atom. The van der Waals surface area contributed by atoms with Gasteiger partial charge >= 0.3 is 0 Å². The fourth-order valence-corrected chi connectivity index (χ4v) is 5.66. The van der Waals surface area contributed by atoms with Crippen LogP contribution in [0, 0.1) is 0 Å². The van der Waals surface area contributed by atoms with Crippen LogP contribution in [0.15, 0.2) is 88.5 Å². The van der Waals surface area contributed by atoms with Gasteiger partial charge in [-0.3, -0.25) is 5.10 Å². The first-order chi connectivity index (χ1) is 15.7. The largest absolute Gasteiger partial charge is 0.506 e. The van der Waals surface area contributed by atoms with Crippen molar-refractivity contribution in [2.24, 2.45) is 0 Å². The number of H-pyrrole nitrogens is 1. The fourth-order valence-electron chi connectivity index (χ4n) is 3.37. The minimum absolute atomic E-state index is 0.0270. The van der Waals surface area contributed by atoms with Crippen molar-refractivity contribution in [2.75, 3.05) is 4.72 Å². The van der Waals surface area contributed by atoms with Crippen LogP contribution >= 0.6 is 11.8 Å². The summed E-state index contributed by atoms with van der Waals surface area (Å²) in [6, 6.07) is 14.9. The zero-order chi connectivity index (χ0) is 23.6. The third kappa shape index (κ3) is 4.86. The second-order valence-electron chi connectivity index (χ2n) is 7.24. The van der Waals surface area contributed by atoms with Gasteiger partial charge in [-0.1, -0.05) is 49.0 Å². The molecule has 170 valence electrons. The van der Waals surface area contributed by atoms with E-state index < -0.39 is 22.1 Å². The topological polar surface area (TPSA) is 90.9 Å². The highest BCUT2D eigenvalue weighted by Gasteiger charge is 2.27. The minimum Gasteiger partial charge on any atom is -0.506 e. The molecule has 6 nitrogen and oxygen atoms in total. The lowest BCUT2D eigenvalue weighted by molar-refractivity contribution is 0.0556. The van der Waals surface area contributed by atoms with Gasteiger partial charge in [0, 0.05) is 17.2 Å². The Morgan fingerprint density at radius 3 is 2.58 bits per heavy atom. The van der Waals surface area contributed by atoms with Gasteiger partial charge in [-0.25, -0.2) is 18.0 Å². The van der Waals surface area contributed by atoms with Crippen molar-refractivity contribution >= 4 is 43.8 Å². The number of alkyl halides is 2. The highest BCUT2D eigenvalue weighted by molar-refractivity contribution is 8.01. The number of aromatic hydroxyl groups is 1. The quantitative estimate of drug-likeness (QED) is 0.179. The molecule has 1 atom stereocenters. The van der Waals surface area contributed by atoms with E-state index in [9.17, 15) is 18.1 Å². The average molecular weight is 487 g/mol. The van der Waals surface area contributed by atoms with E-state index in [2.05, 4.69) is 32.4 Å². The zero-order valence-electron chi connectivity index (χ0n) is 17.3. The van der Waals surface area contributed by atoms with E-state index >= 15 is 0 Å². The lowest BCUT2D eigenvalue weighted by atomic mass is 10.1. The van der Waals surface area contributed by atoms with Crippen LogP contribution in [0.25, 0.3) is 10.8 Å². The number of halogens is 2. The Hall–Kier alpha value is -3.37. The molecule has 4 rings (SSSR count). The minimum atomic E-state index is -3.25. The van der Waals surface area contributed by atoms with Crippen LogP contribution in [0.1, 0.15) is 5.56 Å². The first-order valence-corrected chi connectivity index (χ1v) is 12.3. The van der Waals surface area contributed by atoms with E-state index in [1.54, 1.807) is 42.5 Å². The van der Waals surface area contributed by atoms with Gasteiger partial charge in [0.25, 0.3) is 5.92 Å². The van der Waals surface area contributed by atoms with Crippen molar-refractivity contribution in [2.45, 2.75) is 27.3 Å². The number of rotatable bonds is 8. The average Bonchev–Trinajstić information content (AvgIpc) is 3.30. The lowest BCUT2D eigenvalue weighted by Crippen LogP contribution is -2.20. The SMILES string of the molecule is C=CC(F)(F)Cc1ccccc1S(=C)(=O)Nc1cc(Sc2ncn[nH]2)c(O)c2ccccc12. The van der Waals surface area contributed by atoms with Crippen LogP contribution in [-0.4, -0.2) is 36.3 Å². The summed E-state index contributed by atoms with van der Waals surface area (Å²) in [5.74, 6) is 0.707. The molecule has 0 spiro atoms. The molecule has 0 fully saturated rings. The van der Waals surface area contributed by atoms with Crippen LogP contribution in [-0.2, 0) is 16.1 Å². The van der Waals surface area contributed by atoms with Crippen molar-refractivity contribution in [3.8, 4) is 5.75 Å². The van der Waals surface area contributed by atoms with E-state index in [1.165, 1.54) is 18.5 Å². The molecule has 0 radical (unpaired) electrons. The second kappa shape index (κ2) is 8.87. The summed E-state index contributed by atoms with van der Waals surface area (Å²) in [4.78, 5) is 4.67. The smallest absolute Gasteiger partial charge is 0.270 e. The number of fused-ring (bicyclic) bond motifs is 1. The maximum absolute atomic E-state index is 14.0. The van der Waals surface area contributed by atoms with Crippen LogP contribution in [0.5, 0.6) is 5.75 Å². The molecule has 1 aromatic heterocycles. The second-order valence-corrected chi connectivity index (χ2v) is 10.3. The molecule has 0 aliphatic heterocycles. The lowest BCUT2D eigenvalue weighted by Gasteiger charge is -2.20. The van der Waals surface area contributed by atoms with E-state index in [0.717, 1.165) is 11.8 Å². The molecule has 0 amide bonds. The van der Waals surface area contributed by atoms with Gasteiger partial charge < -0.3 is 9.83 Å². The highest BCUT2D eigenvalue weighted by atomic mass is 32.2. The summed E-state index contributed by atoms with van der Waals surface area (Å²) < 4.78 is 44.7. The molecule has 1 unspecified atom stereocenters. The first kappa shape index (κ1) is 22.8. The van der Waals surface area contributed by atoms with Crippen LogP contribution in [0.2, 0.25) is 0 Å². The van der Waals surface area contributed by atoms with Gasteiger partial charge in [0.1, 0.15) is 12.1 Å². The number of phenolic OH excluding ortho intramolecular Hbond substituents is 1. The van der Waals surface area contributed by atoms with Crippen molar-refractivity contribution in [3.05, 3.63) is 79.1 Å². The summed E-state index contributed by atoms with van der Waals surface area (Å²) in [5, 5.41) is 18.9. The monoisotopic (exact) mass is 486 g/mol. The Labute approximate surface area is 193 Å². The molecular formula is C23H20F2N4O2S2. The van der Waals surface area contributed by atoms with E-state index in [0.29, 0.717) is 32.6 Å². The molecule has 10 heteroatoms. The Kier molecular flexibility index (Phi) is 6.13. The number of phenols is 1. The standard InChI is InChI=1S/C23H20F2N4O2S2/c1-3-23(24,25)13-15-8-4-7-11-20(15)33(2,31)29-18-12-19(32-22-26-14-27-28-22)21(30)17-10-6-5-9-16(17)18/h3-12,14,30H,1-2,13H2,(H,29,31)(H,26,27,28). The molecule has 33 heavy (non-hydrogen) atoms. The molecule has 0 aliphatic rings. The van der Waals surface area contributed by atoms with Crippen LogP contribution in [0.4, 0.5) is 14.5 Å². The molecule has 1 heterocycles. The number of benzene rings is 3. The van der Waals surface area contributed by atoms with E-state index in [1.807, 2.05) is 0 Å². The Morgan fingerprint density at radius 1 is 1.18 bits per heavy atom. The molecule has 0 saturated heterocycles.